The molecule has 0 spiro atoms. The van der Waals surface area contributed by atoms with Gasteiger partial charge in [0.05, 0.1) is 12.2 Å². The van der Waals surface area contributed by atoms with Crippen LogP contribution < -0.4 is 5.56 Å². The summed E-state index contributed by atoms with van der Waals surface area (Å²) in [4.78, 5) is 11.5. The fourth-order valence-corrected chi connectivity index (χ4v) is 1.73. The van der Waals surface area contributed by atoms with Crippen molar-refractivity contribution in [2.45, 2.75) is 6.54 Å². The molecule has 4 nitrogen and oxygen atoms in total. The van der Waals surface area contributed by atoms with Crippen molar-refractivity contribution in [2.24, 2.45) is 7.05 Å². The summed E-state index contributed by atoms with van der Waals surface area (Å²) in [7, 11) is 1.85. The Bertz CT molecular complexity index is 529. The van der Waals surface area contributed by atoms with Crippen molar-refractivity contribution < 1.29 is 0 Å². The Kier molecular flexibility index (Phi) is 2.73. The van der Waals surface area contributed by atoms with Crippen molar-refractivity contribution in [3.8, 4) is 0 Å². The van der Waals surface area contributed by atoms with Crippen molar-refractivity contribution in [2.75, 3.05) is 0 Å². The number of aromatic nitrogens is 3. The zero-order valence-electron chi connectivity index (χ0n) is 8.22. The third-order valence-electron chi connectivity index (χ3n) is 2.05. The molecule has 2 aromatic heterocycles. The highest BCUT2D eigenvalue weighted by Gasteiger charge is 2.00. The summed E-state index contributed by atoms with van der Waals surface area (Å²) in [5.74, 6) is 0. The lowest BCUT2D eigenvalue weighted by Crippen LogP contribution is -2.19. The third-order valence-corrected chi connectivity index (χ3v) is 2.52. The van der Waals surface area contributed by atoms with Crippen LogP contribution in [0, 0.1) is 0 Å². The summed E-state index contributed by atoms with van der Waals surface area (Å²) in [5, 5.41) is 4.22. The van der Waals surface area contributed by atoms with Gasteiger partial charge in [0.15, 0.2) is 0 Å². The second kappa shape index (κ2) is 4.02. The predicted octanol–water partition coefficient (Wildman–Crippen LogP) is 1.39. The molecule has 0 fully saturated rings. The zero-order chi connectivity index (χ0) is 10.8. The Labute approximate surface area is 95.3 Å². The van der Waals surface area contributed by atoms with E-state index in [0.717, 1.165) is 10.2 Å². The van der Waals surface area contributed by atoms with Crippen molar-refractivity contribution in [3.05, 3.63) is 51.1 Å². The normalized spacial score (nSPS) is 10.5. The van der Waals surface area contributed by atoms with Gasteiger partial charge in [-0.3, -0.25) is 9.48 Å². The first kappa shape index (κ1) is 10.2. The minimum Gasteiger partial charge on any atom is -0.308 e. The molecule has 0 saturated carbocycles. The molecule has 0 aliphatic heterocycles. The zero-order valence-corrected chi connectivity index (χ0v) is 9.81. The number of hydrogen-bond donors (Lipinski definition) is 0. The quantitative estimate of drug-likeness (QED) is 0.825. The van der Waals surface area contributed by atoms with Gasteiger partial charge in [-0.15, -0.1) is 0 Å². The molecule has 0 aliphatic rings. The van der Waals surface area contributed by atoms with Crippen LogP contribution in [0.25, 0.3) is 0 Å². The van der Waals surface area contributed by atoms with Gasteiger partial charge in [-0.1, -0.05) is 0 Å². The van der Waals surface area contributed by atoms with Crippen molar-refractivity contribution in [1.82, 2.24) is 14.3 Å². The summed E-state index contributed by atoms with van der Waals surface area (Å²) in [5.41, 5.74) is 0.849. The van der Waals surface area contributed by atoms with Crippen LogP contribution in [0.5, 0.6) is 0 Å². The summed E-state index contributed by atoms with van der Waals surface area (Å²) in [6, 6.07) is 5.16. The maximum absolute atomic E-state index is 11.5. The molecule has 0 bridgehead atoms. The van der Waals surface area contributed by atoms with Gasteiger partial charge in [0.25, 0.3) is 5.56 Å². The van der Waals surface area contributed by atoms with Crippen molar-refractivity contribution >= 4 is 15.9 Å². The van der Waals surface area contributed by atoms with Crippen LogP contribution in [0.2, 0.25) is 0 Å². The molecule has 0 aromatic carbocycles. The van der Waals surface area contributed by atoms with Crippen LogP contribution in [0.15, 0.2) is 39.9 Å². The molecule has 2 aromatic rings. The molecule has 15 heavy (non-hydrogen) atoms. The fraction of sp³-hybridized carbons (Fsp3) is 0.200. The van der Waals surface area contributed by atoms with Crippen LogP contribution >= 0.6 is 15.9 Å². The highest BCUT2D eigenvalue weighted by molar-refractivity contribution is 9.10. The Morgan fingerprint density at radius 3 is 2.87 bits per heavy atom. The van der Waals surface area contributed by atoms with E-state index in [2.05, 4.69) is 21.0 Å². The number of aryl methyl sites for hydroxylation is 1. The average Bonchev–Trinajstić information content (AvgIpc) is 2.58. The van der Waals surface area contributed by atoms with Crippen LogP contribution in [0.3, 0.4) is 0 Å². The first-order valence-corrected chi connectivity index (χ1v) is 5.29. The smallest absolute Gasteiger partial charge is 0.250 e. The number of rotatable bonds is 2. The van der Waals surface area contributed by atoms with E-state index in [-0.39, 0.29) is 5.56 Å². The van der Waals surface area contributed by atoms with Crippen LogP contribution in [-0.4, -0.2) is 14.3 Å². The van der Waals surface area contributed by atoms with Crippen molar-refractivity contribution in [3.63, 3.8) is 0 Å². The van der Waals surface area contributed by atoms with E-state index in [1.165, 1.54) is 6.07 Å². The molecule has 78 valence electrons. The van der Waals surface area contributed by atoms with Gasteiger partial charge >= 0.3 is 0 Å². The lowest BCUT2D eigenvalue weighted by molar-refractivity contribution is 0.690. The molecule has 0 saturated heterocycles. The lowest BCUT2D eigenvalue weighted by Gasteiger charge is -2.02. The second-order valence-electron chi connectivity index (χ2n) is 3.29. The molecular formula is C10H10BrN3O. The highest BCUT2D eigenvalue weighted by Crippen LogP contribution is 2.06. The largest absolute Gasteiger partial charge is 0.308 e. The minimum absolute atomic E-state index is 0.0242. The molecule has 0 atom stereocenters. The summed E-state index contributed by atoms with van der Waals surface area (Å²) in [6.07, 6.45) is 3.62. The number of halogens is 1. The number of pyridine rings is 1. The Morgan fingerprint density at radius 1 is 1.40 bits per heavy atom. The Balaban J connectivity index is 2.31. The lowest BCUT2D eigenvalue weighted by atomic mass is 10.4. The molecule has 0 amide bonds. The predicted molar refractivity (Wildman–Crippen MR) is 60.7 cm³/mol. The summed E-state index contributed by atoms with van der Waals surface area (Å²) >= 11 is 3.33. The minimum atomic E-state index is -0.0242. The average molecular weight is 268 g/mol. The first-order chi connectivity index (χ1) is 7.15. The molecule has 2 heterocycles. The topological polar surface area (TPSA) is 39.8 Å². The molecule has 0 aliphatic carbocycles. The monoisotopic (exact) mass is 267 g/mol. The summed E-state index contributed by atoms with van der Waals surface area (Å²) < 4.78 is 4.23. The van der Waals surface area contributed by atoms with Gasteiger partial charge in [-0.05, 0) is 28.1 Å². The maximum Gasteiger partial charge on any atom is 0.250 e. The van der Waals surface area contributed by atoms with E-state index in [1.54, 1.807) is 21.5 Å². The fourth-order valence-electron chi connectivity index (χ4n) is 1.35. The molecule has 0 radical (unpaired) electrons. The molecule has 5 heteroatoms. The van der Waals surface area contributed by atoms with E-state index in [4.69, 9.17) is 0 Å². The first-order valence-electron chi connectivity index (χ1n) is 4.50. The Morgan fingerprint density at radius 2 is 2.20 bits per heavy atom. The highest BCUT2D eigenvalue weighted by atomic mass is 79.9. The Hall–Kier alpha value is -1.36. The van der Waals surface area contributed by atoms with Gasteiger partial charge in [0, 0.05) is 30.0 Å². The van der Waals surface area contributed by atoms with Crippen LogP contribution in [-0.2, 0) is 13.6 Å². The number of hydrogen-bond acceptors (Lipinski definition) is 2. The van der Waals surface area contributed by atoms with Gasteiger partial charge < -0.3 is 4.57 Å². The molecular weight excluding hydrogens is 258 g/mol. The van der Waals surface area contributed by atoms with Gasteiger partial charge in [0.2, 0.25) is 0 Å². The van der Waals surface area contributed by atoms with Gasteiger partial charge in [0.1, 0.15) is 0 Å². The van der Waals surface area contributed by atoms with E-state index < -0.39 is 0 Å². The van der Waals surface area contributed by atoms with Crippen LogP contribution in [0.4, 0.5) is 0 Å². The third kappa shape index (κ3) is 2.36. The standard InChI is InChI=1S/C10H10BrN3O/c1-13-5-4-9(12-13)7-14-6-8(11)2-3-10(14)15/h2-6H,7H2,1H3. The molecule has 0 N–H and O–H groups in total. The van der Waals surface area contributed by atoms with Gasteiger partial charge in [-0.25, -0.2) is 0 Å². The van der Waals surface area contributed by atoms with E-state index in [0.29, 0.717) is 6.54 Å². The van der Waals surface area contributed by atoms with E-state index in [1.807, 2.05) is 19.3 Å². The van der Waals surface area contributed by atoms with Crippen LogP contribution in [0.1, 0.15) is 5.69 Å². The maximum atomic E-state index is 11.5. The second-order valence-corrected chi connectivity index (χ2v) is 4.21. The summed E-state index contributed by atoms with van der Waals surface area (Å²) in [6.45, 7) is 0.499. The SMILES string of the molecule is Cn1ccc(Cn2cc(Br)ccc2=O)n1. The van der Waals surface area contributed by atoms with E-state index >= 15 is 0 Å². The molecule has 2 rings (SSSR count). The number of nitrogens with zero attached hydrogens (tertiary/aromatic N) is 3. The van der Waals surface area contributed by atoms with Gasteiger partial charge in [-0.2, -0.15) is 5.10 Å². The van der Waals surface area contributed by atoms with E-state index in [9.17, 15) is 4.79 Å². The molecule has 0 unspecified atom stereocenters. The van der Waals surface area contributed by atoms with Crippen molar-refractivity contribution in [1.29, 1.82) is 0 Å².